The summed E-state index contributed by atoms with van der Waals surface area (Å²) in [4.78, 5) is 7.24. The molecule has 2 fully saturated rings. The second-order valence-corrected chi connectivity index (χ2v) is 6.49. The number of furan rings is 1. The van der Waals surface area contributed by atoms with E-state index >= 15 is 0 Å². The first-order chi connectivity index (χ1) is 10.3. The maximum Gasteiger partial charge on any atom is 0.193 e. The Morgan fingerprint density at radius 3 is 2.95 bits per heavy atom. The minimum Gasteiger partial charge on any atom is -0.469 e. The monoisotopic (exact) mass is 289 g/mol. The summed E-state index contributed by atoms with van der Waals surface area (Å²) in [6, 6.07) is 3.98. The molecular weight excluding hydrogens is 262 g/mol. The van der Waals surface area contributed by atoms with Gasteiger partial charge in [-0.1, -0.05) is 13.3 Å². The molecule has 0 unspecified atom stereocenters. The van der Waals surface area contributed by atoms with Crippen LogP contribution in [0, 0.1) is 5.41 Å². The van der Waals surface area contributed by atoms with E-state index in [1.807, 2.05) is 12.1 Å². The highest BCUT2D eigenvalue weighted by atomic mass is 16.3. The van der Waals surface area contributed by atoms with Crippen molar-refractivity contribution in [2.24, 2.45) is 10.4 Å². The van der Waals surface area contributed by atoms with E-state index in [1.54, 1.807) is 6.26 Å². The molecule has 4 nitrogen and oxygen atoms in total. The zero-order valence-corrected chi connectivity index (χ0v) is 13.1. The Kier molecular flexibility index (Phi) is 4.51. The number of guanidine groups is 1. The second kappa shape index (κ2) is 6.54. The highest BCUT2D eigenvalue weighted by molar-refractivity contribution is 5.80. The third-order valence-electron chi connectivity index (χ3n) is 4.87. The van der Waals surface area contributed by atoms with Gasteiger partial charge in [-0.2, -0.15) is 0 Å². The van der Waals surface area contributed by atoms with Crippen LogP contribution in [0.4, 0.5) is 0 Å². The van der Waals surface area contributed by atoms with Crippen LogP contribution in [0.3, 0.4) is 0 Å². The molecule has 1 saturated carbocycles. The van der Waals surface area contributed by atoms with Gasteiger partial charge in [-0.15, -0.1) is 0 Å². The van der Waals surface area contributed by atoms with Crippen LogP contribution < -0.4 is 5.32 Å². The zero-order chi connectivity index (χ0) is 14.5. The van der Waals surface area contributed by atoms with Crippen LogP contribution in [0.5, 0.6) is 0 Å². The molecule has 0 atom stereocenters. The van der Waals surface area contributed by atoms with Crippen LogP contribution in [0.2, 0.25) is 0 Å². The van der Waals surface area contributed by atoms with E-state index in [9.17, 15) is 0 Å². The Bertz CT molecular complexity index is 462. The van der Waals surface area contributed by atoms with Crippen molar-refractivity contribution in [2.75, 3.05) is 26.2 Å². The number of nitrogens with zero attached hydrogens (tertiary/aromatic N) is 2. The Hall–Kier alpha value is -1.45. The van der Waals surface area contributed by atoms with Gasteiger partial charge in [0.05, 0.1) is 6.26 Å². The van der Waals surface area contributed by atoms with E-state index < -0.39 is 0 Å². The first-order valence-electron chi connectivity index (χ1n) is 8.37. The SMILES string of the molecule is CCCN=C(NCCc1ccco1)N1CCC2(CCC2)C1. The molecule has 1 aromatic rings. The first kappa shape index (κ1) is 14.5. The van der Waals surface area contributed by atoms with Crippen molar-refractivity contribution >= 4 is 5.96 Å². The maximum absolute atomic E-state index is 5.39. The van der Waals surface area contributed by atoms with Gasteiger partial charge in [-0.05, 0) is 43.2 Å². The third kappa shape index (κ3) is 3.42. The van der Waals surface area contributed by atoms with E-state index in [1.165, 1.54) is 32.2 Å². The zero-order valence-electron chi connectivity index (χ0n) is 13.1. The summed E-state index contributed by atoms with van der Waals surface area (Å²) in [5.41, 5.74) is 0.621. The number of nitrogens with one attached hydrogen (secondary N) is 1. The smallest absolute Gasteiger partial charge is 0.193 e. The van der Waals surface area contributed by atoms with Crippen molar-refractivity contribution in [3.63, 3.8) is 0 Å². The molecule has 3 rings (SSSR count). The van der Waals surface area contributed by atoms with Gasteiger partial charge in [0.15, 0.2) is 5.96 Å². The van der Waals surface area contributed by atoms with Gasteiger partial charge in [0.1, 0.15) is 5.76 Å². The standard InChI is InChI=1S/C17H27N3O/c1-2-10-18-16(19-11-6-15-5-3-13-21-15)20-12-9-17(14-20)7-4-8-17/h3,5,13H,2,4,6-12,14H2,1H3,(H,18,19). The Morgan fingerprint density at radius 1 is 1.43 bits per heavy atom. The van der Waals surface area contributed by atoms with E-state index in [0.29, 0.717) is 5.41 Å². The molecule has 0 bridgehead atoms. The second-order valence-electron chi connectivity index (χ2n) is 6.49. The molecule has 1 N–H and O–H groups in total. The molecule has 1 aliphatic heterocycles. The highest BCUT2D eigenvalue weighted by Gasteiger charge is 2.43. The molecule has 4 heteroatoms. The Balaban J connectivity index is 1.53. The van der Waals surface area contributed by atoms with Crippen molar-refractivity contribution in [1.29, 1.82) is 0 Å². The molecule has 1 saturated heterocycles. The van der Waals surface area contributed by atoms with E-state index in [-0.39, 0.29) is 0 Å². The van der Waals surface area contributed by atoms with Crippen molar-refractivity contribution in [1.82, 2.24) is 10.2 Å². The molecule has 2 aliphatic rings. The predicted molar refractivity (Wildman–Crippen MR) is 85.5 cm³/mol. The molecule has 0 aromatic carbocycles. The lowest BCUT2D eigenvalue weighted by molar-refractivity contribution is 0.151. The van der Waals surface area contributed by atoms with Crippen molar-refractivity contribution in [2.45, 2.75) is 45.4 Å². The number of hydrogen-bond acceptors (Lipinski definition) is 2. The number of hydrogen-bond donors (Lipinski definition) is 1. The minimum atomic E-state index is 0.621. The predicted octanol–water partition coefficient (Wildman–Crippen LogP) is 3.05. The fraction of sp³-hybridized carbons (Fsp3) is 0.706. The van der Waals surface area contributed by atoms with Crippen LogP contribution in [0.15, 0.2) is 27.8 Å². The van der Waals surface area contributed by atoms with Gasteiger partial charge in [-0.25, -0.2) is 0 Å². The summed E-state index contributed by atoms with van der Waals surface area (Å²) in [6.07, 6.45) is 9.34. The van der Waals surface area contributed by atoms with Gasteiger partial charge in [0.2, 0.25) is 0 Å². The molecule has 2 heterocycles. The van der Waals surface area contributed by atoms with Gasteiger partial charge >= 0.3 is 0 Å². The molecule has 116 valence electrons. The lowest BCUT2D eigenvalue weighted by atomic mass is 9.68. The number of likely N-dealkylation sites (tertiary alicyclic amines) is 1. The molecule has 1 spiro atoms. The average molecular weight is 289 g/mol. The first-order valence-corrected chi connectivity index (χ1v) is 8.37. The van der Waals surface area contributed by atoms with Crippen molar-refractivity contribution < 1.29 is 4.42 Å². The third-order valence-corrected chi connectivity index (χ3v) is 4.87. The molecule has 1 aliphatic carbocycles. The molecular formula is C17H27N3O. The maximum atomic E-state index is 5.39. The summed E-state index contributed by atoms with van der Waals surface area (Å²) < 4.78 is 5.39. The van der Waals surface area contributed by atoms with Crippen molar-refractivity contribution in [3.05, 3.63) is 24.2 Å². The van der Waals surface area contributed by atoms with Gasteiger partial charge < -0.3 is 14.6 Å². The lowest BCUT2D eigenvalue weighted by Gasteiger charge is -2.38. The van der Waals surface area contributed by atoms with Gasteiger partial charge in [0.25, 0.3) is 0 Å². The fourth-order valence-electron chi connectivity index (χ4n) is 3.44. The number of rotatable bonds is 5. The molecule has 0 amide bonds. The molecule has 0 radical (unpaired) electrons. The Morgan fingerprint density at radius 2 is 2.33 bits per heavy atom. The van der Waals surface area contributed by atoms with E-state index in [2.05, 4.69) is 17.1 Å². The number of aliphatic imine (C=N–C) groups is 1. The van der Waals surface area contributed by atoms with E-state index in [0.717, 1.165) is 44.2 Å². The summed E-state index contributed by atoms with van der Waals surface area (Å²) in [7, 11) is 0. The van der Waals surface area contributed by atoms with Gasteiger partial charge in [-0.3, -0.25) is 4.99 Å². The van der Waals surface area contributed by atoms with Crippen LogP contribution in [0.25, 0.3) is 0 Å². The van der Waals surface area contributed by atoms with Crippen LogP contribution in [0.1, 0.15) is 44.8 Å². The quantitative estimate of drug-likeness (QED) is 0.669. The van der Waals surface area contributed by atoms with Crippen LogP contribution >= 0.6 is 0 Å². The minimum absolute atomic E-state index is 0.621. The summed E-state index contributed by atoms with van der Waals surface area (Å²) in [5.74, 6) is 2.14. The van der Waals surface area contributed by atoms with Crippen LogP contribution in [-0.4, -0.2) is 37.0 Å². The summed E-state index contributed by atoms with van der Waals surface area (Å²) >= 11 is 0. The summed E-state index contributed by atoms with van der Waals surface area (Å²) in [6.45, 7) is 6.34. The normalized spacial score (nSPS) is 20.8. The van der Waals surface area contributed by atoms with Gasteiger partial charge in [0, 0.05) is 32.6 Å². The van der Waals surface area contributed by atoms with E-state index in [4.69, 9.17) is 9.41 Å². The lowest BCUT2D eigenvalue weighted by Crippen LogP contribution is -2.43. The fourth-order valence-corrected chi connectivity index (χ4v) is 3.44. The average Bonchev–Trinajstić information content (AvgIpc) is 3.11. The largest absolute Gasteiger partial charge is 0.469 e. The Labute approximate surface area is 127 Å². The topological polar surface area (TPSA) is 40.8 Å². The molecule has 1 aromatic heterocycles. The summed E-state index contributed by atoms with van der Waals surface area (Å²) in [5, 5.41) is 3.54. The molecule has 21 heavy (non-hydrogen) atoms. The van der Waals surface area contributed by atoms with Crippen LogP contribution in [-0.2, 0) is 6.42 Å². The highest BCUT2D eigenvalue weighted by Crippen LogP contribution is 2.47. The van der Waals surface area contributed by atoms with Crippen molar-refractivity contribution in [3.8, 4) is 0 Å².